The van der Waals surface area contributed by atoms with Gasteiger partial charge in [0.15, 0.2) is 5.69 Å². The zero-order valence-electron chi connectivity index (χ0n) is 15.3. The highest BCUT2D eigenvalue weighted by Crippen LogP contribution is 2.35. The molecule has 3 aromatic rings. The number of aromatic nitrogens is 5. The number of benzene rings is 1. The van der Waals surface area contributed by atoms with Crippen LogP contribution in [0.2, 0.25) is 5.02 Å². The minimum Gasteiger partial charge on any atom is -0.293 e. The number of hydrogen-bond donors (Lipinski definition) is 1. The second-order valence-corrected chi connectivity index (χ2v) is 7.43. The molecule has 0 spiro atoms. The first-order valence-corrected chi connectivity index (χ1v) is 9.65. The molecule has 2 aromatic heterocycles. The zero-order chi connectivity index (χ0) is 22.1. The van der Waals surface area contributed by atoms with Gasteiger partial charge in [-0.05, 0) is 35.0 Å². The van der Waals surface area contributed by atoms with Gasteiger partial charge in [0.2, 0.25) is 11.9 Å². The first-order valence-electron chi connectivity index (χ1n) is 8.48. The van der Waals surface area contributed by atoms with Gasteiger partial charge < -0.3 is 0 Å². The van der Waals surface area contributed by atoms with Crippen LogP contribution in [0.15, 0.2) is 29.0 Å². The second-order valence-electron chi connectivity index (χ2n) is 6.23. The molecule has 0 aliphatic heterocycles. The van der Waals surface area contributed by atoms with Gasteiger partial charge in [0.05, 0.1) is 23.3 Å². The fraction of sp³-hybridized carbons (Fsp3) is 0.294. The van der Waals surface area contributed by atoms with Crippen LogP contribution in [-0.4, -0.2) is 30.5 Å². The van der Waals surface area contributed by atoms with Crippen LogP contribution in [0.3, 0.4) is 0 Å². The van der Waals surface area contributed by atoms with Crippen molar-refractivity contribution >= 4 is 39.4 Å². The first-order chi connectivity index (χ1) is 14.1. The molecular weight excluding hydrogens is 496 g/mol. The number of carbonyl (C=O) groups is 1. The number of carbonyl (C=O) groups excluding carboxylic acids is 1. The SMILES string of the molecule is Cc1c(Br)c(C(F)(F)F)nn1CCC(=O)Nc1ncn(Cc2c(F)cccc2Cl)n1. The van der Waals surface area contributed by atoms with Gasteiger partial charge in [0, 0.05) is 17.0 Å². The number of anilines is 1. The highest BCUT2D eigenvalue weighted by molar-refractivity contribution is 9.10. The van der Waals surface area contributed by atoms with E-state index in [-0.39, 0.29) is 46.2 Å². The fourth-order valence-corrected chi connectivity index (χ4v) is 3.32. The topological polar surface area (TPSA) is 77.6 Å². The summed E-state index contributed by atoms with van der Waals surface area (Å²) in [6, 6.07) is 4.28. The maximum atomic E-state index is 13.9. The van der Waals surface area contributed by atoms with Gasteiger partial charge in [-0.2, -0.15) is 18.3 Å². The molecule has 0 saturated heterocycles. The van der Waals surface area contributed by atoms with Crippen LogP contribution in [0.25, 0.3) is 0 Å². The van der Waals surface area contributed by atoms with Gasteiger partial charge in [-0.25, -0.2) is 14.1 Å². The summed E-state index contributed by atoms with van der Waals surface area (Å²) in [6.45, 7) is 1.40. The number of hydrogen-bond acceptors (Lipinski definition) is 4. The molecule has 7 nitrogen and oxygen atoms in total. The van der Waals surface area contributed by atoms with E-state index in [1.54, 1.807) is 6.07 Å². The lowest BCUT2D eigenvalue weighted by atomic mass is 10.2. The number of halogens is 6. The molecule has 1 amide bonds. The van der Waals surface area contributed by atoms with Crippen molar-refractivity contribution < 1.29 is 22.4 Å². The summed E-state index contributed by atoms with van der Waals surface area (Å²) in [5, 5.41) is 10.2. The van der Waals surface area contributed by atoms with Gasteiger partial charge in [-0.15, -0.1) is 5.10 Å². The largest absolute Gasteiger partial charge is 0.436 e. The maximum Gasteiger partial charge on any atom is 0.436 e. The van der Waals surface area contributed by atoms with Crippen molar-refractivity contribution in [3.8, 4) is 0 Å². The third-order valence-electron chi connectivity index (χ3n) is 4.12. The number of amides is 1. The van der Waals surface area contributed by atoms with E-state index in [0.29, 0.717) is 0 Å². The lowest BCUT2D eigenvalue weighted by Crippen LogP contribution is -2.17. The van der Waals surface area contributed by atoms with E-state index >= 15 is 0 Å². The molecule has 0 unspecified atom stereocenters. The summed E-state index contributed by atoms with van der Waals surface area (Å²) >= 11 is 8.85. The van der Waals surface area contributed by atoms with Gasteiger partial charge in [0.1, 0.15) is 12.1 Å². The highest BCUT2D eigenvalue weighted by Gasteiger charge is 2.37. The van der Waals surface area contributed by atoms with E-state index in [1.807, 2.05) is 0 Å². The molecule has 0 aliphatic carbocycles. The Kier molecular flexibility index (Phi) is 6.46. The number of aryl methyl sites for hydroxylation is 1. The molecule has 0 fully saturated rings. The van der Waals surface area contributed by atoms with Crippen molar-refractivity contribution in [1.82, 2.24) is 24.5 Å². The molecule has 3 rings (SSSR count). The number of nitrogens with one attached hydrogen (secondary N) is 1. The molecule has 30 heavy (non-hydrogen) atoms. The predicted molar refractivity (Wildman–Crippen MR) is 103 cm³/mol. The van der Waals surface area contributed by atoms with Crippen LogP contribution in [0.4, 0.5) is 23.5 Å². The van der Waals surface area contributed by atoms with Crippen LogP contribution in [-0.2, 0) is 24.1 Å². The molecule has 1 N–H and O–H groups in total. The van der Waals surface area contributed by atoms with Crippen molar-refractivity contribution in [2.75, 3.05) is 5.32 Å². The molecule has 0 aliphatic rings. The van der Waals surface area contributed by atoms with E-state index in [1.165, 1.54) is 30.1 Å². The van der Waals surface area contributed by atoms with Gasteiger partial charge in [0.25, 0.3) is 0 Å². The molecular formula is C17H14BrClF4N6O. The normalized spacial score (nSPS) is 11.7. The molecule has 0 radical (unpaired) electrons. The van der Waals surface area contributed by atoms with Crippen LogP contribution in [0.5, 0.6) is 0 Å². The summed E-state index contributed by atoms with van der Waals surface area (Å²) in [5.41, 5.74) is -0.575. The smallest absolute Gasteiger partial charge is 0.293 e. The van der Waals surface area contributed by atoms with Crippen LogP contribution in [0.1, 0.15) is 23.4 Å². The standard InChI is InChI=1S/C17H14BrClF4N6O/c1-9-14(18)15(17(21,22)23)26-29(9)6-5-13(30)25-16-24-8-28(27-16)7-10-11(19)3-2-4-12(10)20/h2-4,8H,5-7H2,1H3,(H,25,27,30). The van der Waals surface area contributed by atoms with Crippen molar-refractivity contribution in [2.45, 2.75) is 32.6 Å². The van der Waals surface area contributed by atoms with Crippen molar-refractivity contribution in [1.29, 1.82) is 0 Å². The van der Waals surface area contributed by atoms with Crippen LogP contribution in [0, 0.1) is 12.7 Å². The fourth-order valence-electron chi connectivity index (χ4n) is 2.59. The number of nitrogens with zero attached hydrogens (tertiary/aromatic N) is 5. The molecule has 13 heteroatoms. The third-order valence-corrected chi connectivity index (χ3v) is 5.43. The minimum absolute atomic E-state index is 0.00903. The summed E-state index contributed by atoms with van der Waals surface area (Å²) in [4.78, 5) is 16.0. The maximum absolute atomic E-state index is 13.9. The quantitative estimate of drug-likeness (QED) is 0.499. The van der Waals surface area contributed by atoms with Crippen molar-refractivity contribution in [3.05, 3.63) is 56.8 Å². The molecule has 0 saturated carbocycles. The van der Waals surface area contributed by atoms with Crippen molar-refractivity contribution in [3.63, 3.8) is 0 Å². The molecule has 160 valence electrons. The Morgan fingerprint density at radius 2 is 2.03 bits per heavy atom. The molecule has 0 atom stereocenters. The molecule has 1 aromatic carbocycles. The summed E-state index contributed by atoms with van der Waals surface area (Å²) in [5.74, 6) is -1.04. The van der Waals surface area contributed by atoms with E-state index < -0.39 is 23.6 Å². The monoisotopic (exact) mass is 508 g/mol. The average Bonchev–Trinajstić information content (AvgIpc) is 3.21. The Labute approximate surface area is 181 Å². The lowest BCUT2D eigenvalue weighted by Gasteiger charge is -2.06. The van der Waals surface area contributed by atoms with Crippen molar-refractivity contribution in [2.24, 2.45) is 0 Å². The summed E-state index contributed by atoms with van der Waals surface area (Å²) in [7, 11) is 0. The van der Waals surface area contributed by atoms with Crippen LogP contribution >= 0.6 is 27.5 Å². The summed E-state index contributed by atoms with van der Waals surface area (Å²) < 4.78 is 54.8. The van der Waals surface area contributed by atoms with E-state index in [9.17, 15) is 22.4 Å². The molecule has 2 heterocycles. The van der Waals surface area contributed by atoms with Gasteiger partial charge >= 0.3 is 6.18 Å². The second kappa shape index (κ2) is 8.72. The summed E-state index contributed by atoms with van der Waals surface area (Å²) in [6.07, 6.45) is -3.46. The zero-order valence-corrected chi connectivity index (χ0v) is 17.7. The highest BCUT2D eigenvalue weighted by atomic mass is 79.9. The lowest BCUT2D eigenvalue weighted by molar-refractivity contribution is -0.142. The molecule has 0 bridgehead atoms. The van der Waals surface area contributed by atoms with Gasteiger partial charge in [-0.1, -0.05) is 17.7 Å². The predicted octanol–water partition coefficient (Wildman–Crippen LogP) is 4.43. The Bertz CT molecular complexity index is 1060. The minimum atomic E-state index is -4.60. The average molecular weight is 510 g/mol. The number of rotatable bonds is 6. The van der Waals surface area contributed by atoms with E-state index in [0.717, 1.165) is 4.68 Å². The number of alkyl halides is 3. The Morgan fingerprint density at radius 3 is 2.67 bits per heavy atom. The first kappa shape index (κ1) is 22.2. The third kappa shape index (κ3) is 4.98. The Balaban J connectivity index is 1.60. The van der Waals surface area contributed by atoms with E-state index in [4.69, 9.17) is 11.6 Å². The van der Waals surface area contributed by atoms with E-state index in [2.05, 4.69) is 36.4 Å². The van der Waals surface area contributed by atoms with Crippen LogP contribution < -0.4 is 5.32 Å². The Hall–Kier alpha value is -2.47. The van der Waals surface area contributed by atoms with Gasteiger partial charge in [-0.3, -0.25) is 14.8 Å². The Morgan fingerprint density at radius 1 is 1.30 bits per heavy atom.